The van der Waals surface area contributed by atoms with Crippen LogP contribution in [0.1, 0.15) is 35.5 Å². The maximum atomic E-state index is 14.5. The Labute approximate surface area is 134 Å². The van der Waals surface area contributed by atoms with Crippen molar-refractivity contribution in [2.24, 2.45) is 11.1 Å². The summed E-state index contributed by atoms with van der Waals surface area (Å²) in [6, 6.07) is 6.58. The van der Waals surface area contributed by atoms with Gasteiger partial charge in [-0.1, -0.05) is 26.0 Å². The number of nitrogens with zero attached hydrogens (tertiary/aromatic N) is 1. The van der Waals surface area contributed by atoms with Crippen molar-refractivity contribution in [3.63, 3.8) is 0 Å². The van der Waals surface area contributed by atoms with Crippen LogP contribution >= 0.6 is 0 Å². The highest BCUT2D eigenvalue weighted by atomic mass is 19.1. The molecule has 4 nitrogen and oxygen atoms in total. The number of primary amides is 1. The molecule has 1 amide bonds. The number of pyridine rings is 1. The van der Waals surface area contributed by atoms with Crippen molar-refractivity contribution in [2.45, 2.75) is 27.2 Å². The van der Waals surface area contributed by atoms with Crippen molar-refractivity contribution in [1.82, 2.24) is 4.98 Å². The van der Waals surface area contributed by atoms with Gasteiger partial charge in [-0.15, -0.1) is 0 Å². The van der Waals surface area contributed by atoms with Gasteiger partial charge in [0.25, 0.3) is 5.91 Å². The first-order valence-electron chi connectivity index (χ1n) is 7.50. The summed E-state index contributed by atoms with van der Waals surface area (Å²) in [5.74, 6) is -0.622. The Hall–Kier alpha value is -2.43. The highest BCUT2D eigenvalue weighted by molar-refractivity contribution is 5.93. The summed E-state index contributed by atoms with van der Waals surface area (Å²) >= 11 is 0. The molecule has 0 aliphatic carbocycles. The summed E-state index contributed by atoms with van der Waals surface area (Å²) in [4.78, 5) is 15.7. The van der Waals surface area contributed by atoms with E-state index in [0.29, 0.717) is 30.0 Å². The Balaban J connectivity index is 2.25. The Morgan fingerprint density at radius 3 is 2.70 bits per heavy atom. The molecule has 1 aliphatic heterocycles. The van der Waals surface area contributed by atoms with E-state index in [1.165, 1.54) is 6.07 Å². The molecule has 1 aliphatic rings. The van der Waals surface area contributed by atoms with Crippen LogP contribution in [0.4, 0.5) is 4.39 Å². The largest absolute Gasteiger partial charge is 0.477 e. The predicted octanol–water partition coefficient (Wildman–Crippen LogP) is 3.26. The van der Waals surface area contributed by atoms with E-state index in [-0.39, 0.29) is 16.9 Å². The van der Waals surface area contributed by atoms with E-state index in [2.05, 4.69) is 18.8 Å². The molecule has 0 spiro atoms. The van der Waals surface area contributed by atoms with Gasteiger partial charge < -0.3 is 10.5 Å². The van der Waals surface area contributed by atoms with E-state index in [1.807, 2.05) is 13.0 Å². The lowest BCUT2D eigenvalue weighted by molar-refractivity contribution is 0.0991. The van der Waals surface area contributed by atoms with Gasteiger partial charge >= 0.3 is 0 Å². The van der Waals surface area contributed by atoms with Crippen LogP contribution in [-0.2, 0) is 6.42 Å². The summed E-state index contributed by atoms with van der Waals surface area (Å²) < 4.78 is 20.2. The first kappa shape index (κ1) is 15.5. The summed E-state index contributed by atoms with van der Waals surface area (Å²) in [5.41, 5.74) is 8.05. The summed E-state index contributed by atoms with van der Waals surface area (Å²) in [7, 11) is 0. The number of rotatable bonds is 2. The summed E-state index contributed by atoms with van der Waals surface area (Å²) in [5, 5.41) is 0. The standard InChI is InChI=1S/C18H19FN2O2/c1-10-4-5-11(14(19)6-10)12-7-15(16(20)22)21-17-13(12)8-18(2,3)9-23-17/h4-7H,8-9H2,1-3H3,(H2,20,22). The topological polar surface area (TPSA) is 65.2 Å². The molecule has 3 rings (SSSR count). The van der Waals surface area contributed by atoms with Gasteiger partial charge in [0.1, 0.15) is 11.5 Å². The van der Waals surface area contributed by atoms with Crippen molar-refractivity contribution < 1.29 is 13.9 Å². The van der Waals surface area contributed by atoms with E-state index in [0.717, 1.165) is 11.1 Å². The fraction of sp³-hybridized carbons (Fsp3) is 0.333. The van der Waals surface area contributed by atoms with Gasteiger partial charge in [-0.25, -0.2) is 9.37 Å². The van der Waals surface area contributed by atoms with Crippen LogP contribution in [0.5, 0.6) is 5.88 Å². The number of nitrogens with two attached hydrogens (primary N) is 1. The minimum absolute atomic E-state index is 0.0819. The van der Waals surface area contributed by atoms with E-state index in [4.69, 9.17) is 10.5 Å². The van der Waals surface area contributed by atoms with Gasteiger partial charge in [0.15, 0.2) is 0 Å². The lowest BCUT2D eigenvalue weighted by atomic mass is 9.82. The number of halogens is 1. The fourth-order valence-corrected chi connectivity index (χ4v) is 2.84. The zero-order chi connectivity index (χ0) is 16.8. The number of fused-ring (bicyclic) bond motifs is 1. The summed E-state index contributed by atoms with van der Waals surface area (Å²) in [6.45, 7) is 6.47. The number of aryl methyl sites for hydroxylation is 1. The van der Waals surface area contributed by atoms with Gasteiger partial charge in [0.05, 0.1) is 6.61 Å². The van der Waals surface area contributed by atoms with Crippen molar-refractivity contribution in [3.05, 3.63) is 46.9 Å². The summed E-state index contributed by atoms with van der Waals surface area (Å²) in [6.07, 6.45) is 0.691. The zero-order valence-electron chi connectivity index (χ0n) is 13.4. The first-order valence-corrected chi connectivity index (χ1v) is 7.50. The molecule has 0 unspecified atom stereocenters. The average Bonchev–Trinajstić information content (AvgIpc) is 2.46. The maximum Gasteiger partial charge on any atom is 0.267 e. The normalized spacial score (nSPS) is 15.7. The van der Waals surface area contributed by atoms with Crippen LogP contribution in [0.15, 0.2) is 24.3 Å². The third-order valence-electron chi connectivity index (χ3n) is 4.01. The predicted molar refractivity (Wildman–Crippen MR) is 85.9 cm³/mol. The van der Waals surface area contributed by atoms with Crippen molar-refractivity contribution >= 4 is 5.91 Å². The number of aromatic nitrogens is 1. The monoisotopic (exact) mass is 314 g/mol. The average molecular weight is 314 g/mol. The quantitative estimate of drug-likeness (QED) is 0.925. The zero-order valence-corrected chi connectivity index (χ0v) is 13.4. The van der Waals surface area contributed by atoms with Gasteiger partial charge in [-0.05, 0) is 36.6 Å². The number of amides is 1. The molecule has 5 heteroatoms. The molecule has 0 atom stereocenters. The fourth-order valence-electron chi connectivity index (χ4n) is 2.84. The Kier molecular flexibility index (Phi) is 3.59. The highest BCUT2D eigenvalue weighted by Gasteiger charge is 2.31. The van der Waals surface area contributed by atoms with Crippen molar-refractivity contribution in [3.8, 4) is 17.0 Å². The van der Waals surface area contributed by atoms with Gasteiger partial charge in [-0.3, -0.25) is 4.79 Å². The van der Waals surface area contributed by atoms with E-state index < -0.39 is 5.91 Å². The minimum atomic E-state index is -0.657. The third-order valence-corrected chi connectivity index (χ3v) is 4.01. The van der Waals surface area contributed by atoms with Gasteiger partial charge in [0.2, 0.25) is 5.88 Å². The molecule has 2 N–H and O–H groups in total. The van der Waals surface area contributed by atoms with Crippen LogP contribution in [0, 0.1) is 18.2 Å². The Morgan fingerprint density at radius 2 is 2.04 bits per heavy atom. The smallest absolute Gasteiger partial charge is 0.267 e. The Morgan fingerprint density at radius 1 is 1.30 bits per heavy atom. The number of ether oxygens (including phenoxy) is 1. The molecular weight excluding hydrogens is 295 g/mol. The molecule has 120 valence electrons. The van der Waals surface area contributed by atoms with Crippen LogP contribution in [0.25, 0.3) is 11.1 Å². The van der Waals surface area contributed by atoms with E-state index in [1.54, 1.807) is 12.1 Å². The molecule has 0 saturated heterocycles. The molecular formula is C18H19FN2O2. The van der Waals surface area contributed by atoms with Gasteiger partial charge in [-0.2, -0.15) is 0 Å². The highest BCUT2D eigenvalue weighted by Crippen LogP contribution is 2.40. The van der Waals surface area contributed by atoms with Crippen LogP contribution in [0.3, 0.4) is 0 Å². The molecule has 1 aromatic heterocycles. The molecule has 23 heavy (non-hydrogen) atoms. The number of carbonyl (C=O) groups is 1. The molecule has 2 aromatic rings. The molecule has 0 saturated carbocycles. The van der Waals surface area contributed by atoms with Crippen molar-refractivity contribution in [1.29, 1.82) is 0 Å². The Bertz CT molecular complexity index is 800. The number of hydrogen-bond donors (Lipinski definition) is 1. The lowest BCUT2D eigenvalue weighted by Crippen LogP contribution is -2.30. The van der Waals surface area contributed by atoms with Crippen LogP contribution < -0.4 is 10.5 Å². The lowest BCUT2D eigenvalue weighted by Gasteiger charge is -2.32. The SMILES string of the molecule is Cc1ccc(-c2cc(C(N)=O)nc3c2CC(C)(C)CO3)c(F)c1. The van der Waals surface area contributed by atoms with E-state index in [9.17, 15) is 9.18 Å². The van der Waals surface area contributed by atoms with Crippen molar-refractivity contribution in [2.75, 3.05) is 6.61 Å². The second kappa shape index (κ2) is 5.33. The first-order chi connectivity index (χ1) is 10.8. The minimum Gasteiger partial charge on any atom is -0.477 e. The molecule has 2 heterocycles. The van der Waals surface area contributed by atoms with E-state index >= 15 is 0 Å². The second-order valence-corrected chi connectivity index (χ2v) is 6.82. The number of carbonyl (C=O) groups excluding carboxylic acids is 1. The second-order valence-electron chi connectivity index (χ2n) is 6.82. The van der Waals surface area contributed by atoms with Crippen LogP contribution in [0.2, 0.25) is 0 Å². The number of benzene rings is 1. The molecule has 0 fully saturated rings. The van der Waals surface area contributed by atoms with Crippen LogP contribution in [-0.4, -0.2) is 17.5 Å². The van der Waals surface area contributed by atoms with Gasteiger partial charge in [0, 0.05) is 16.5 Å². The third kappa shape index (κ3) is 2.91. The maximum absolute atomic E-state index is 14.5. The molecule has 0 radical (unpaired) electrons. The number of hydrogen-bond acceptors (Lipinski definition) is 3. The molecule has 0 bridgehead atoms. The molecule has 1 aromatic carbocycles.